The summed E-state index contributed by atoms with van der Waals surface area (Å²) >= 11 is 0. The zero-order valence-electron chi connectivity index (χ0n) is 14.4. The second-order valence-corrected chi connectivity index (χ2v) is 6.09. The number of pyridine rings is 1. The van der Waals surface area contributed by atoms with Crippen LogP contribution in [0.15, 0.2) is 66.9 Å². The Morgan fingerprint density at radius 1 is 1.00 bits per heavy atom. The fourth-order valence-corrected chi connectivity index (χ4v) is 2.54. The molecule has 126 valence electrons. The van der Waals surface area contributed by atoms with Gasteiger partial charge in [0.1, 0.15) is 5.82 Å². The molecule has 0 atom stereocenters. The van der Waals surface area contributed by atoms with Gasteiger partial charge in [-0.25, -0.2) is 4.98 Å². The molecule has 0 bridgehead atoms. The second-order valence-electron chi connectivity index (χ2n) is 6.09. The summed E-state index contributed by atoms with van der Waals surface area (Å²) in [7, 11) is 0. The van der Waals surface area contributed by atoms with Crippen molar-refractivity contribution >= 4 is 23.1 Å². The molecule has 25 heavy (non-hydrogen) atoms. The van der Waals surface area contributed by atoms with Crippen LogP contribution in [-0.4, -0.2) is 10.9 Å². The molecule has 0 aliphatic carbocycles. The van der Waals surface area contributed by atoms with E-state index in [4.69, 9.17) is 0 Å². The lowest BCUT2D eigenvalue weighted by molar-refractivity contribution is -0.115. The number of aromatic nitrogens is 1. The van der Waals surface area contributed by atoms with Crippen LogP contribution >= 0.6 is 0 Å². The zero-order valence-corrected chi connectivity index (χ0v) is 14.4. The quantitative estimate of drug-likeness (QED) is 0.717. The first-order valence-electron chi connectivity index (χ1n) is 8.24. The van der Waals surface area contributed by atoms with Crippen molar-refractivity contribution in [3.05, 3.63) is 83.6 Å². The summed E-state index contributed by atoms with van der Waals surface area (Å²) in [5, 5.41) is 6.18. The third-order valence-electron chi connectivity index (χ3n) is 3.91. The highest BCUT2D eigenvalue weighted by molar-refractivity contribution is 5.92. The topological polar surface area (TPSA) is 54.0 Å². The van der Waals surface area contributed by atoms with Crippen molar-refractivity contribution in [2.24, 2.45) is 0 Å². The van der Waals surface area contributed by atoms with E-state index >= 15 is 0 Å². The number of amides is 1. The smallest absolute Gasteiger partial charge is 0.228 e. The number of nitrogens with one attached hydrogen (secondary N) is 2. The Morgan fingerprint density at radius 3 is 2.52 bits per heavy atom. The number of aryl methyl sites for hydroxylation is 2. The molecule has 0 spiro atoms. The van der Waals surface area contributed by atoms with Crippen molar-refractivity contribution in [1.82, 2.24) is 4.98 Å². The molecule has 1 amide bonds. The summed E-state index contributed by atoms with van der Waals surface area (Å²) in [5.41, 5.74) is 5.06. The summed E-state index contributed by atoms with van der Waals surface area (Å²) in [5.74, 6) is 0.693. The van der Waals surface area contributed by atoms with Gasteiger partial charge in [-0.3, -0.25) is 4.79 Å². The maximum Gasteiger partial charge on any atom is 0.228 e. The molecule has 3 aromatic rings. The van der Waals surface area contributed by atoms with Crippen molar-refractivity contribution in [3.63, 3.8) is 0 Å². The Morgan fingerprint density at radius 2 is 1.80 bits per heavy atom. The number of nitrogens with zero attached hydrogens (tertiary/aromatic N) is 1. The first-order chi connectivity index (χ1) is 12.1. The van der Waals surface area contributed by atoms with Crippen LogP contribution in [0, 0.1) is 13.8 Å². The zero-order chi connectivity index (χ0) is 17.6. The Labute approximate surface area is 147 Å². The molecule has 0 saturated carbocycles. The van der Waals surface area contributed by atoms with Crippen LogP contribution in [0.4, 0.5) is 17.2 Å². The minimum absolute atomic E-state index is 0.0526. The molecule has 3 rings (SSSR count). The highest BCUT2D eigenvalue weighted by Crippen LogP contribution is 2.21. The molecular formula is C21H21N3O. The highest BCUT2D eigenvalue weighted by atomic mass is 16.1. The third-order valence-corrected chi connectivity index (χ3v) is 3.91. The molecule has 4 heteroatoms. The molecular weight excluding hydrogens is 310 g/mol. The Bertz CT molecular complexity index is 858. The average Bonchev–Trinajstić information content (AvgIpc) is 2.61. The van der Waals surface area contributed by atoms with Gasteiger partial charge in [0, 0.05) is 5.69 Å². The minimum atomic E-state index is -0.0526. The number of rotatable bonds is 5. The molecule has 1 aromatic heterocycles. The SMILES string of the molecule is Cc1ccc(C)c(Nc2ccc(NC(=O)Cc3ccccc3)cn2)c1. The van der Waals surface area contributed by atoms with Crippen molar-refractivity contribution in [2.45, 2.75) is 20.3 Å². The van der Waals surface area contributed by atoms with Crippen molar-refractivity contribution in [1.29, 1.82) is 0 Å². The lowest BCUT2D eigenvalue weighted by Gasteiger charge is -2.11. The van der Waals surface area contributed by atoms with Crippen molar-refractivity contribution < 1.29 is 4.79 Å². The van der Waals surface area contributed by atoms with Crippen LogP contribution in [0.3, 0.4) is 0 Å². The standard InChI is InChI=1S/C21H21N3O/c1-15-8-9-16(2)19(12-15)24-20-11-10-18(14-22-20)23-21(25)13-17-6-4-3-5-7-17/h3-12,14H,13H2,1-2H3,(H,22,24)(H,23,25). The van der Waals surface area contributed by atoms with Gasteiger partial charge >= 0.3 is 0 Å². The second kappa shape index (κ2) is 7.62. The molecule has 0 aliphatic rings. The number of anilines is 3. The molecule has 0 aliphatic heterocycles. The summed E-state index contributed by atoms with van der Waals surface area (Å²) < 4.78 is 0. The predicted molar refractivity (Wildman–Crippen MR) is 102 cm³/mol. The van der Waals surface area contributed by atoms with Gasteiger partial charge in [-0.05, 0) is 48.7 Å². The van der Waals surface area contributed by atoms with Crippen LogP contribution in [0.2, 0.25) is 0 Å². The normalized spacial score (nSPS) is 10.3. The number of benzene rings is 2. The van der Waals surface area contributed by atoms with E-state index in [1.54, 1.807) is 6.20 Å². The largest absolute Gasteiger partial charge is 0.340 e. The van der Waals surface area contributed by atoms with E-state index < -0.39 is 0 Å². The summed E-state index contributed by atoms with van der Waals surface area (Å²) in [6.45, 7) is 4.11. The molecule has 2 N–H and O–H groups in total. The molecule has 0 unspecified atom stereocenters. The fraction of sp³-hybridized carbons (Fsp3) is 0.143. The Kier molecular flexibility index (Phi) is 5.09. The van der Waals surface area contributed by atoms with Gasteiger partial charge in [-0.2, -0.15) is 0 Å². The lowest BCUT2D eigenvalue weighted by atomic mass is 10.1. The first-order valence-corrected chi connectivity index (χ1v) is 8.24. The maximum absolute atomic E-state index is 12.1. The van der Waals surface area contributed by atoms with Gasteiger partial charge < -0.3 is 10.6 Å². The van der Waals surface area contributed by atoms with Gasteiger partial charge in [0.15, 0.2) is 0 Å². The third kappa shape index (κ3) is 4.67. The molecule has 0 fully saturated rings. The molecule has 1 heterocycles. The van der Waals surface area contributed by atoms with E-state index in [-0.39, 0.29) is 5.91 Å². The van der Waals surface area contributed by atoms with E-state index in [0.717, 1.165) is 22.6 Å². The fourth-order valence-electron chi connectivity index (χ4n) is 2.54. The van der Waals surface area contributed by atoms with Crippen LogP contribution in [0.1, 0.15) is 16.7 Å². The summed E-state index contributed by atoms with van der Waals surface area (Å²) in [6.07, 6.45) is 2.01. The molecule has 0 saturated heterocycles. The molecule has 4 nitrogen and oxygen atoms in total. The van der Waals surface area contributed by atoms with Crippen LogP contribution < -0.4 is 10.6 Å². The molecule has 2 aromatic carbocycles. The van der Waals surface area contributed by atoms with Crippen LogP contribution in [0.5, 0.6) is 0 Å². The van der Waals surface area contributed by atoms with Gasteiger partial charge in [0.2, 0.25) is 5.91 Å². The monoisotopic (exact) mass is 331 g/mol. The average molecular weight is 331 g/mol. The van der Waals surface area contributed by atoms with Gasteiger partial charge in [-0.1, -0.05) is 42.5 Å². The van der Waals surface area contributed by atoms with E-state index in [1.165, 1.54) is 5.56 Å². The highest BCUT2D eigenvalue weighted by Gasteiger charge is 2.05. The van der Waals surface area contributed by atoms with E-state index in [1.807, 2.05) is 42.5 Å². The van der Waals surface area contributed by atoms with Gasteiger partial charge in [0.05, 0.1) is 18.3 Å². The van der Waals surface area contributed by atoms with Gasteiger partial charge in [0.25, 0.3) is 0 Å². The summed E-state index contributed by atoms with van der Waals surface area (Å²) in [4.78, 5) is 16.5. The minimum Gasteiger partial charge on any atom is -0.340 e. The first kappa shape index (κ1) is 16.7. The number of hydrogen-bond donors (Lipinski definition) is 2. The van der Waals surface area contributed by atoms with Crippen LogP contribution in [-0.2, 0) is 11.2 Å². The predicted octanol–water partition coefficient (Wildman–Crippen LogP) is 4.62. The number of hydrogen-bond acceptors (Lipinski definition) is 3. The maximum atomic E-state index is 12.1. The number of carbonyl (C=O) groups excluding carboxylic acids is 1. The Balaban J connectivity index is 1.62. The van der Waals surface area contributed by atoms with Crippen molar-refractivity contribution in [3.8, 4) is 0 Å². The van der Waals surface area contributed by atoms with E-state index in [2.05, 4.69) is 47.7 Å². The summed E-state index contributed by atoms with van der Waals surface area (Å²) in [6, 6.07) is 19.6. The van der Waals surface area contributed by atoms with Crippen LogP contribution in [0.25, 0.3) is 0 Å². The van der Waals surface area contributed by atoms with E-state index in [9.17, 15) is 4.79 Å². The van der Waals surface area contributed by atoms with Gasteiger partial charge in [-0.15, -0.1) is 0 Å². The lowest BCUT2D eigenvalue weighted by Crippen LogP contribution is -2.14. The van der Waals surface area contributed by atoms with Crippen molar-refractivity contribution in [2.75, 3.05) is 10.6 Å². The number of carbonyl (C=O) groups is 1. The van der Waals surface area contributed by atoms with E-state index in [0.29, 0.717) is 12.1 Å². The Hall–Kier alpha value is -3.14. The molecule has 0 radical (unpaired) electrons.